The number of rotatable bonds is 5. The van der Waals surface area contributed by atoms with Crippen LogP contribution in [0.15, 0.2) is 24.3 Å². The maximum Gasteiger partial charge on any atom is 0.0743 e. The molecule has 2 aliphatic heterocycles. The fraction of sp³-hybridized carbons (Fsp3) is 0.667. The van der Waals surface area contributed by atoms with Gasteiger partial charge < -0.3 is 5.11 Å². The monoisotopic (exact) mass is 355 g/mol. The molecule has 1 N–H and O–H groups in total. The van der Waals surface area contributed by atoms with E-state index in [1.54, 1.807) is 0 Å². The largest absolute Gasteiger partial charge is 0.389 e. The molecule has 0 aliphatic carbocycles. The van der Waals surface area contributed by atoms with Gasteiger partial charge in [-0.1, -0.05) is 45.1 Å². The first-order valence-electron chi connectivity index (χ1n) is 10.5. The molecule has 0 unspecified atom stereocenters. The Bertz CT molecular complexity index is 677. The van der Waals surface area contributed by atoms with Gasteiger partial charge in [-0.15, -0.1) is 0 Å². The fourth-order valence-corrected chi connectivity index (χ4v) is 5.09. The van der Waals surface area contributed by atoms with Gasteiger partial charge in [0.05, 0.1) is 5.60 Å². The third kappa shape index (κ3) is 3.77. The van der Waals surface area contributed by atoms with Crippen LogP contribution in [0.25, 0.3) is 0 Å². The van der Waals surface area contributed by atoms with E-state index in [2.05, 4.69) is 58.2 Å². The maximum absolute atomic E-state index is 11.8. The third-order valence-corrected chi connectivity index (χ3v) is 6.80. The molecule has 2 heterocycles. The van der Waals surface area contributed by atoms with E-state index >= 15 is 0 Å². The molecule has 26 heavy (non-hydrogen) atoms. The molecule has 0 saturated carbocycles. The number of benzene rings is 1. The van der Waals surface area contributed by atoms with E-state index in [4.69, 9.17) is 0 Å². The Morgan fingerprint density at radius 3 is 2.65 bits per heavy atom. The number of aliphatic hydroxyl groups is 1. The molecule has 144 valence electrons. The van der Waals surface area contributed by atoms with Gasteiger partial charge in [0, 0.05) is 25.0 Å². The van der Waals surface area contributed by atoms with Crippen LogP contribution in [0.3, 0.4) is 0 Å². The summed E-state index contributed by atoms with van der Waals surface area (Å²) in [6.45, 7) is 17.5. The Labute approximate surface area is 160 Å². The van der Waals surface area contributed by atoms with Crippen LogP contribution in [0.4, 0.5) is 0 Å². The summed E-state index contributed by atoms with van der Waals surface area (Å²) in [7, 11) is 0. The zero-order chi connectivity index (χ0) is 19.1. The van der Waals surface area contributed by atoms with Gasteiger partial charge in [0.2, 0.25) is 0 Å². The minimum absolute atomic E-state index is 0.343. The normalized spacial score (nSPS) is 28.7. The molecule has 1 aromatic carbocycles. The van der Waals surface area contributed by atoms with Gasteiger partial charge in [-0.25, -0.2) is 0 Å². The van der Waals surface area contributed by atoms with Crippen molar-refractivity contribution in [2.24, 2.45) is 11.8 Å². The second-order valence-corrected chi connectivity index (χ2v) is 9.31. The van der Waals surface area contributed by atoms with Crippen LogP contribution in [-0.2, 0) is 6.42 Å². The van der Waals surface area contributed by atoms with Crippen molar-refractivity contribution in [3.05, 3.63) is 46.5 Å². The van der Waals surface area contributed by atoms with E-state index in [1.165, 1.54) is 27.8 Å². The van der Waals surface area contributed by atoms with E-state index in [-0.39, 0.29) is 0 Å². The summed E-state index contributed by atoms with van der Waals surface area (Å²) >= 11 is 0. The van der Waals surface area contributed by atoms with E-state index in [0.29, 0.717) is 17.9 Å². The molecule has 2 nitrogen and oxygen atoms in total. The fourth-order valence-electron chi connectivity index (χ4n) is 5.09. The Morgan fingerprint density at radius 1 is 1.31 bits per heavy atom. The van der Waals surface area contributed by atoms with E-state index in [9.17, 15) is 5.11 Å². The summed E-state index contributed by atoms with van der Waals surface area (Å²) in [5.74, 6) is 0.954. The van der Waals surface area contributed by atoms with Crippen molar-refractivity contribution in [1.82, 2.24) is 4.90 Å². The van der Waals surface area contributed by atoms with Gasteiger partial charge >= 0.3 is 0 Å². The minimum Gasteiger partial charge on any atom is -0.389 e. The summed E-state index contributed by atoms with van der Waals surface area (Å²) in [5.41, 5.74) is 6.28. The average Bonchev–Trinajstić information content (AvgIpc) is 2.56. The summed E-state index contributed by atoms with van der Waals surface area (Å²) in [6, 6.07) is 5.13. The first-order chi connectivity index (χ1) is 12.2. The smallest absolute Gasteiger partial charge is 0.0743 e. The maximum atomic E-state index is 11.8. The highest BCUT2D eigenvalue weighted by Gasteiger charge is 2.47. The Kier molecular flexibility index (Phi) is 5.65. The van der Waals surface area contributed by atoms with Crippen LogP contribution in [0, 0.1) is 25.7 Å². The van der Waals surface area contributed by atoms with Crippen molar-refractivity contribution in [1.29, 1.82) is 0 Å². The second kappa shape index (κ2) is 7.48. The molecule has 1 saturated heterocycles. The van der Waals surface area contributed by atoms with Crippen LogP contribution in [0.5, 0.6) is 0 Å². The Balaban J connectivity index is 1.95. The van der Waals surface area contributed by atoms with Gasteiger partial charge in [-0.3, -0.25) is 4.90 Å². The van der Waals surface area contributed by atoms with Gasteiger partial charge in [-0.05, 0) is 74.1 Å². The predicted molar refractivity (Wildman–Crippen MR) is 110 cm³/mol. The van der Waals surface area contributed by atoms with E-state index in [0.717, 1.165) is 45.2 Å². The SMILES string of the molecule is C=C(CC)C[C@@]1(O)C[C@@H]2c3cc(C)c(C)cc3CCN2C[C@H]1CC(C)C. The lowest BCUT2D eigenvalue weighted by atomic mass is 9.68. The lowest BCUT2D eigenvalue weighted by Crippen LogP contribution is -2.55. The third-order valence-electron chi connectivity index (χ3n) is 6.80. The number of nitrogens with zero attached hydrogens (tertiary/aromatic N) is 1. The highest BCUT2D eigenvalue weighted by molar-refractivity contribution is 5.41. The molecular weight excluding hydrogens is 318 g/mol. The number of hydrogen-bond donors (Lipinski definition) is 1. The Morgan fingerprint density at radius 2 is 2.00 bits per heavy atom. The van der Waals surface area contributed by atoms with Crippen LogP contribution in [-0.4, -0.2) is 28.7 Å². The highest BCUT2D eigenvalue weighted by atomic mass is 16.3. The molecule has 0 bridgehead atoms. The van der Waals surface area contributed by atoms with Crippen molar-refractivity contribution < 1.29 is 5.11 Å². The highest BCUT2D eigenvalue weighted by Crippen LogP contribution is 2.47. The Hall–Kier alpha value is -1.12. The molecular formula is C24H37NO. The van der Waals surface area contributed by atoms with Crippen molar-refractivity contribution in [3.63, 3.8) is 0 Å². The lowest BCUT2D eigenvalue weighted by Gasteiger charge is -2.52. The summed E-state index contributed by atoms with van der Waals surface area (Å²) in [6.07, 6.45) is 4.79. The van der Waals surface area contributed by atoms with Crippen molar-refractivity contribution in [3.8, 4) is 0 Å². The minimum atomic E-state index is -0.619. The molecule has 1 fully saturated rings. The molecule has 2 heteroatoms. The van der Waals surface area contributed by atoms with Crippen LogP contribution < -0.4 is 0 Å². The molecule has 0 amide bonds. The number of aryl methyl sites for hydroxylation is 2. The molecule has 0 aromatic heterocycles. The quantitative estimate of drug-likeness (QED) is 0.719. The molecule has 0 radical (unpaired) electrons. The van der Waals surface area contributed by atoms with Crippen LogP contribution in [0.2, 0.25) is 0 Å². The van der Waals surface area contributed by atoms with E-state index < -0.39 is 5.60 Å². The van der Waals surface area contributed by atoms with E-state index in [1.807, 2.05) is 0 Å². The zero-order valence-electron chi connectivity index (χ0n) is 17.4. The predicted octanol–water partition coefficient (Wildman–Crippen LogP) is 5.36. The number of piperidine rings is 1. The summed E-state index contributed by atoms with van der Waals surface area (Å²) < 4.78 is 0. The average molecular weight is 356 g/mol. The number of hydrogen-bond acceptors (Lipinski definition) is 2. The first kappa shape index (κ1) is 19.6. The van der Waals surface area contributed by atoms with Gasteiger partial charge in [-0.2, -0.15) is 0 Å². The molecule has 3 rings (SSSR count). The van der Waals surface area contributed by atoms with Gasteiger partial charge in [0.15, 0.2) is 0 Å². The van der Waals surface area contributed by atoms with Crippen molar-refractivity contribution >= 4 is 0 Å². The summed E-state index contributed by atoms with van der Waals surface area (Å²) in [5, 5.41) is 11.8. The van der Waals surface area contributed by atoms with Crippen molar-refractivity contribution in [2.75, 3.05) is 13.1 Å². The summed E-state index contributed by atoms with van der Waals surface area (Å²) in [4.78, 5) is 2.65. The van der Waals surface area contributed by atoms with Crippen LogP contribution in [0.1, 0.15) is 74.8 Å². The first-order valence-corrected chi connectivity index (χ1v) is 10.5. The zero-order valence-corrected chi connectivity index (χ0v) is 17.4. The number of fused-ring (bicyclic) bond motifs is 3. The molecule has 0 spiro atoms. The lowest BCUT2D eigenvalue weighted by molar-refractivity contribution is -0.103. The topological polar surface area (TPSA) is 23.5 Å². The molecule has 3 atom stereocenters. The van der Waals surface area contributed by atoms with Gasteiger partial charge in [0.1, 0.15) is 0 Å². The van der Waals surface area contributed by atoms with Gasteiger partial charge in [0.25, 0.3) is 0 Å². The van der Waals surface area contributed by atoms with Crippen LogP contribution >= 0.6 is 0 Å². The second-order valence-electron chi connectivity index (χ2n) is 9.31. The molecule has 1 aromatic rings. The molecule has 2 aliphatic rings. The standard InChI is InChI=1S/C24H37NO/c1-7-17(4)13-24(26)14-23-22-12-19(6)18(5)11-20(22)8-9-25(23)15-21(24)10-16(2)3/h11-12,16,21,23,26H,4,7-10,13-15H2,1-3,5-6H3/t21-,23-,24-/m1/s1. The van der Waals surface area contributed by atoms with Crippen molar-refractivity contribution in [2.45, 2.75) is 78.4 Å².